The number of benzene rings is 1. The van der Waals surface area contributed by atoms with E-state index in [0.29, 0.717) is 28.6 Å². The Morgan fingerprint density at radius 2 is 2.12 bits per heavy atom. The number of hydrogen-bond acceptors (Lipinski definition) is 5. The minimum Gasteiger partial charge on any atom is -0.496 e. The Bertz CT molecular complexity index is 866. The molecule has 24 heavy (non-hydrogen) atoms. The summed E-state index contributed by atoms with van der Waals surface area (Å²) in [5.74, 6) is 0.881. The minimum absolute atomic E-state index is 0.298. The highest BCUT2D eigenvalue weighted by atomic mass is 16.5. The Morgan fingerprint density at radius 1 is 1.29 bits per heavy atom. The zero-order chi connectivity index (χ0) is 16.9. The van der Waals surface area contributed by atoms with Crippen LogP contribution in [-0.4, -0.2) is 28.9 Å². The van der Waals surface area contributed by atoms with Crippen LogP contribution in [-0.2, 0) is 0 Å². The topological polar surface area (TPSA) is 92.5 Å². The number of aromatic amines is 1. The van der Waals surface area contributed by atoms with Gasteiger partial charge in [-0.3, -0.25) is 9.89 Å². The van der Waals surface area contributed by atoms with Gasteiger partial charge in [0.05, 0.1) is 19.1 Å². The van der Waals surface area contributed by atoms with E-state index in [1.165, 1.54) is 0 Å². The molecule has 0 fully saturated rings. The highest BCUT2D eigenvalue weighted by Gasteiger charge is 2.13. The van der Waals surface area contributed by atoms with Gasteiger partial charge < -0.3 is 9.15 Å². The van der Waals surface area contributed by atoms with E-state index in [0.717, 1.165) is 5.56 Å². The average molecular weight is 324 g/mol. The van der Waals surface area contributed by atoms with Crippen molar-refractivity contribution < 1.29 is 13.9 Å². The van der Waals surface area contributed by atoms with Crippen LogP contribution in [0.3, 0.4) is 0 Å². The summed E-state index contributed by atoms with van der Waals surface area (Å²) < 4.78 is 10.5. The van der Waals surface area contributed by atoms with Crippen LogP contribution in [0.4, 0.5) is 0 Å². The van der Waals surface area contributed by atoms with E-state index < -0.39 is 5.91 Å². The summed E-state index contributed by atoms with van der Waals surface area (Å²) in [6.07, 6.45) is 1.55. The molecule has 2 aromatic heterocycles. The molecular weight excluding hydrogens is 308 g/mol. The Morgan fingerprint density at radius 3 is 2.88 bits per heavy atom. The number of ether oxygens (including phenoxy) is 1. The molecule has 0 spiro atoms. The summed E-state index contributed by atoms with van der Waals surface area (Å²) in [6.45, 7) is 1.74. The lowest BCUT2D eigenvalue weighted by Gasteiger charge is -2.04. The largest absolute Gasteiger partial charge is 0.496 e. The molecule has 122 valence electrons. The quantitative estimate of drug-likeness (QED) is 0.557. The van der Waals surface area contributed by atoms with Crippen molar-refractivity contribution in [2.75, 3.05) is 7.11 Å². The highest BCUT2D eigenvalue weighted by molar-refractivity contribution is 5.98. The lowest BCUT2D eigenvalue weighted by atomic mass is 10.1. The molecule has 0 aliphatic carbocycles. The van der Waals surface area contributed by atoms with Crippen LogP contribution in [0.1, 0.15) is 23.2 Å². The third-order valence-electron chi connectivity index (χ3n) is 3.41. The second-order valence-corrected chi connectivity index (χ2v) is 4.98. The van der Waals surface area contributed by atoms with E-state index in [4.69, 9.17) is 9.15 Å². The molecule has 1 amide bonds. The first-order chi connectivity index (χ1) is 11.7. The lowest BCUT2D eigenvalue weighted by Crippen LogP contribution is -2.19. The van der Waals surface area contributed by atoms with Gasteiger partial charge in [-0.25, -0.2) is 5.43 Å². The number of rotatable bonds is 5. The van der Waals surface area contributed by atoms with E-state index in [2.05, 4.69) is 20.7 Å². The molecule has 0 radical (unpaired) electrons. The number of nitrogens with one attached hydrogen (secondary N) is 2. The Labute approximate surface area is 138 Å². The summed E-state index contributed by atoms with van der Waals surface area (Å²) in [6, 6.07) is 12.6. The van der Waals surface area contributed by atoms with E-state index in [1.807, 2.05) is 24.3 Å². The molecule has 7 nitrogen and oxygen atoms in total. The molecule has 0 bridgehead atoms. The molecule has 3 rings (SSSR count). The number of hydrogen-bond donors (Lipinski definition) is 2. The van der Waals surface area contributed by atoms with Crippen LogP contribution >= 0.6 is 0 Å². The van der Waals surface area contributed by atoms with Crippen LogP contribution in [0, 0.1) is 0 Å². The number of carbonyl (C=O) groups is 1. The normalized spacial score (nSPS) is 11.3. The molecule has 1 aromatic carbocycles. The maximum Gasteiger partial charge on any atom is 0.289 e. The van der Waals surface area contributed by atoms with E-state index >= 15 is 0 Å². The van der Waals surface area contributed by atoms with Gasteiger partial charge in [0.2, 0.25) is 0 Å². The number of hydrazone groups is 1. The first-order valence-electron chi connectivity index (χ1n) is 7.26. The second-order valence-electron chi connectivity index (χ2n) is 4.98. The molecule has 0 atom stereocenters. The van der Waals surface area contributed by atoms with Crippen molar-refractivity contribution in [1.29, 1.82) is 0 Å². The van der Waals surface area contributed by atoms with Gasteiger partial charge in [-0.2, -0.15) is 10.2 Å². The molecule has 7 heteroatoms. The van der Waals surface area contributed by atoms with Gasteiger partial charge in [-0.05, 0) is 37.3 Å². The third-order valence-corrected chi connectivity index (χ3v) is 3.41. The smallest absolute Gasteiger partial charge is 0.289 e. The molecule has 0 unspecified atom stereocenters. The van der Waals surface area contributed by atoms with Gasteiger partial charge in [-0.15, -0.1) is 0 Å². The van der Waals surface area contributed by atoms with Crippen molar-refractivity contribution in [3.63, 3.8) is 0 Å². The summed E-state index contributed by atoms with van der Waals surface area (Å²) in [5, 5.41) is 10.9. The predicted octanol–water partition coefficient (Wildman–Crippen LogP) is 2.83. The zero-order valence-corrected chi connectivity index (χ0v) is 13.2. The number of methoxy groups -OCH3 is 1. The van der Waals surface area contributed by atoms with Crippen molar-refractivity contribution in [1.82, 2.24) is 15.6 Å². The molecule has 0 saturated heterocycles. The zero-order valence-electron chi connectivity index (χ0n) is 13.2. The Balaban J connectivity index is 1.76. The summed E-state index contributed by atoms with van der Waals surface area (Å²) in [7, 11) is 1.59. The van der Waals surface area contributed by atoms with E-state index in [-0.39, 0.29) is 0 Å². The van der Waals surface area contributed by atoms with Crippen LogP contribution in [0.25, 0.3) is 11.3 Å². The minimum atomic E-state index is -0.394. The van der Waals surface area contributed by atoms with Crippen LogP contribution < -0.4 is 10.2 Å². The van der Waals surface area contributed by atoms with E-state index in [9.17, 15) is 4.79 Å². The molecule has 2 heterocycles. The summed E-state index contributed by atoms with van der Waals surface area (Å²) in [4.78, 5) is 12.2. The van der Waals surface area contributed by atoms with Gasteiger partial charge >= 0.3 is 0 Å². The standard InChI is InChI=1S/C17H16N4O3/c1-11(15-8-5-9-24-15)18-21-17(22)14-10-13(19-20-14)12-6-3-4-7-16(12)23-2/h3-10H,1-2H3,(H,19,20)(H,21,22)/b18-11-. The van der Waals surface area contributed by atoms with Crippen LogP contribution in [0.15, 0.2) is 58.2 Å². The average Bonchev–Trinajstić information content (AvgIpc) is 3.30. The van der Waals surface area contributed by atoms with Gasteiger partial charge in [0, 0.05) is 5.56 Å². The molecule has 0 aliphatic heterocycles. The predicted molar refractivity (Wildman–Crippen MR) is 89.0 cm³/mol. The molecule has 3 aromatic rings. The molecule has 2 N–H and O–H groups in total. The maximum absolute atomic E-state index is 12.2. The first kappa shape index (κ1) is 15.5. The Kier molecular flexibility index (Phi) is 4.42. The summed E-state index contributed by atoms with van der Waals surface area (Å²) in [5.41, 5.74) is 4.74. The number of furan rings is 1. The molecule has 0 aliphatic rings. The van der Waals surface area contributed by atoms with Crippen molar-refractivity contribution in [2.45, 2.75) is 6.92 Å². The van der Waals surface area contributed by atoms with Gasteiger partial charge in [-0.1, -0.05) is 12.1 Å². The Hall–Kier alpha value is -3.35. The molecule has 0 saturated carbocycles. The van der Waals surface area contributed by atoms with E-state index in [1.54, 1.807) is 38.5 Å². The van der Waals surface area contributed by atoms with Crippen molar-refractivity contribution in [2.24, 2.45) is 5.10 Å². The fourth-order valence-electron chi connectivity index (χ4n) is 2.17. The third kappa shape index (κ3) is 3.19. The first-order valence-corrected chi connectivity index (χ1v) is 7.26. The highest BCUT2D eigenvalue weighted by Crippen LogP contribution is 2.28. The fourth-order valence-corrected chi connectivity index (χ4v) is 2.17. The van der Waals surface area contributed by atoms with Crippen LogP contribution in [0.5, 0.6) is 5.75 Å². The SMILES string of the molecule is COc1ccccc1-c1cc(C(=O)N/N=C(/C)c2ccco2)[nH]n1. The number of aromatic nitrogens is 2. The number of para-hydroxylation sites is 1. The monoisotopic (exact) mass is 324 g/mol. The maximum atomic E-state index is 12.2. The second kappa shape index (κ2) is 6.82. The van der Waals surface area contributed by atoms with Crippen LogP contribution in [0.2, 0.25) is 0 Å². The fraction of sp³-hybridized carbons (Fsp3) is 0.118. The van der Waals surface area contributed by atoms with Crippen molar-refractivity contribution >= 4 is 11.6 Å². The van der Waals surface area contributed by atoms with Crippen molar-refractivity contribution in [3.8, 4) is 17.0 Å². The van der Waals surface area contributed by atoms with Gasteiger partial charge in [0.1, 0.15) is 22.9 Å². The molecular formula is C17H16N4O3. The number of H-pyrrole nitrogens is 1. The number of carbonyl (C=O) groups excluding carboxylic acids is 1. The lowest BCUT2D eigenvalue weighted by molar-refractivity contribution is 0.0950. The number of nitrogens with zero attached hydrogens (tertiary/aromatic N) is 2. The summed E-state index contributed by atoms with van der Waals surface area (Å²) >= 11 is 0. The number of amides is 1. The van der Waals surface area contributed by atoms with Gasteiger partial charge in [0.15, 0.2) is 0 Å². The van der Waals surface area contributed by atoms with Gasteiger partial charge in [0.25, 0.3) is 5.91 Å². The van der Waals surface area contributed by atoms with Crippen molar-refractivity contribution in [3.05, 3.63) is 60.2 Å².